The van der Waals surface area contributed by atoms with Crippen molar-refractivity contribution >= 4 is 29.1 Å². The summed E-state index contributed by atoms with van der Waals surface area (Å²) in [6.45, 7) is 6.27. The van der Waals surface area contributed by atoms with E-state index in [2.05, 4.69) is 52.6 Å². The van der Waals surface area contributed by atoms with E-state index in [-0.39, 0.29) is 23.8 Å². The molecule has 0 bridgehead atoms. The van der Waals surface area contributed by atoms with Crippen LogP contribution in [0, 0.1) is 19.7 Å². The van der Waals surface area contributed by atoms with Crippen LogP contribution in [0.4, 0.5) is 10.2 Å². The van der Waals surface area contributed by atoms with E-state index in [9.17, 15) is 9.18 Å². The molecule has 0 amide bonds. The van der Waals surface area contributed by atoms with Crippen LogP contribution in [0.2, 0.25) is 0 Å². The molecule has 1 aliphatic heterocycles. The molecule has 0 atom stereocenters. The van der Waals surface area contributed by atoms with Crippen LogP contribution in [0.5, 0.6) is 0 Å². The lowest BCUT2D eigenvalue weighted by Gasteiger charge is -2.31. The van der Waals surface area contributed by atoms with Crippen LogP contribution in [0.15, 0.2) is 59.4 Å². The zero-order chi connectivity index (χ0) is 20.8. The molecule has 6 heteroatoms. The molecular weight excluding hydrogens is 413 g/mol. The van der Waals surface area contributed by atoms with Gasteiger partial charge in [0.25, 0.3) is 0 Å². The number of rotatable bonds is 3. The minimum absolute atomic E-state index is 0. The molecule has 0 radical (unpaired) electrons. The molecule has 160 valence electrons. The summed E-state index contributed by atoms with van der Waals surface area (Å²) in [5, 5.41) is 0.960. The van der Waals surface area contributed by atoms with Gasteiger partial charge in [-0.2, -0.15) is 0 Å². The number of H-pyrrole nitrogens is 1. The van der Waals surface area contributed by atoms with E-state index in [1.807, 2.05) is 6.07 Å². The van der Waals surface area contributed by atoms with Crippen molar-refractivity contribution in [1.29, 1.82) is 0 Å². The molecule has 1 N–H and O–H groups in total. The number of aromatic amines is 1. The number of fused-ring (bicyclic) bond motifs is 2. The van der Waals surface area contributed by atoms with Gasteiger partial charge in [0.1, 0.15) is 11.6 Å². The summed E-state index contributed by atoms with van der Waals surface area (Å²) < 4.78 is 16.0. The van der Waals surface area contributed by atoms with Crippen molar-refractivity contribution in [1.82, 2.24) is 9.55 Å². The van der Waals surface area contributed by atoms with Crippen LogP contribution >= 0.6 is 12.4 Å². The molecule has 4 nitrogen and oxygen atoms in total. The molecule has 31 heavy (non-hydrogen) atoms. The maximum absolute atomic E-state index is 13.8. The van der Waals surface area contributed by atoms with E-state index in [1.54, 1.807) is 18.2 Å². The smallest absolute Gasteiger partial charge is 0.250 e. The Morgan fingerprint density at radius 2 is 1.81 bits per heavy atom. The number of nitrogens with zero attached hydrogens (tertiary/aromatic N) is 2. The Balaban J connectivity index is 0.00000231. The highest BCUT2D eigenvalue weighted by Crippen LogP contribution is 2.33. The number of nitrogens with one attached hydrogen (secondary N) is 1. The molecule has 5 rings (SSSR count). The first-order chi connectivity index (χ1) is 14.5. The highest BCUT2D eigenvalue weighted by Gasteiger charge is 2.23. The van der Waals surface area contributed by atoms with Gasteiger partial charge in [0.05, 0.1) is 5.52 Å². The Hall–Kier alpha value is -3.05. The molecule has 0 spiro atoms. The summed E-state index contributed by atoms with van der Waals surface area (Å²) in [6, 6.07) is 16.9. The molecule has 2 aromatic carbocycles. The number of hydrogen-bond acceptors (Lipinski definition) is 2. The molecule has 0 aliphatic carbocycles. The number of aromatic nitrogens is 2. The van der Waals surface area contributed by atoms with E-state index in [1.165, 1.54) is 17.2 Å². The zero-order valence-electron chi connectivity index (χ0n) is 17.6. The first kappa shape index (κ1) is 21.2. The van der Waals surface area contributed by atoms with Gasteiger partial charge >= 0.3 is 0 Å². The predicted molar refractivity (Wildman–Crippen MR) is 126 cm³/mol. The standard InChI is InChI=1S/C25H24FN3O.ClH/c1-16-17(2)29(14-18-6-5-9-21(26)12-18)24-22(16)13-23(30)27-25(24)28-11-10-19-7-3-4-8-20(19)15-28;/h3-9,12-13H,10-11,14-15H2,1-2H3,(H,27,30);1H. The van der Waals surface area contributed by atoms with E-state index in [0.717, 1.165) is 53.1 Å². The summed E-state index contributed by atoms with van der Waals surface area (Å²) in [6.07, 6.45) is 0.942. The molecule has 1 aliphatic rings. The number of pyridine rings is 1. The normalized spacial score (nSPS) is 13.2. The van der Waals surface area contributed by atoms with Crippen LogP contribution in [-0.2, 0) is 19.5 Å². The fourth-order valence-corrected chi connectivity index (χ4v) is 4.59. The first-order valence-electron chi connectivity index (χ1n) is 10.3. The van der Waals surface area contributed by atoms with Gasteiger partial charge in [0, 0.05) is 36.8 Å². The third-order valence-electron chi connectivity index (χ3n) is 6.29. The van der Waals surface area contributed by atoms with Crippen molar-refractivity contribution in [3.05, 3.63) is 98.7 Å². The second-order valence-corrected chi connectivity index (χ2v) is 8.11. The topological polar surface area (TPSA) is 41.0 Å². The lowest BCUT2D eigenvalue weighted by Crippen LogP contribution is -2.32. The molecule has 0 saturated carbocycles. The fourth-order valence-electron chi connectivity index (χ4n) is 4.59. The molecular formula is C25H25ClFN3O. The van der Waals surface area contributed by atoms with Crippen molar-refractivity contribution in [2.75, 3.05) is 11.4 Å². The average Bonchev–Trinajstić information content (AvgIpc) is 2.98. The number of hydrogen-bond donors (Lipinski definition) is 1. The molecule has 0 unspecified atom stereocenters. The van der Waals surface area contributed by atoms with E-state index >= 15 is 0 Å². The number of halogens is 2. The number of aryl methyl sites for hydroxylation is 1. The molecule has 0 fully saturated rings. The number of benzene rings is 2. The zero-order valence-corrected chi connectivity index (χ0v) is 18.4. The predicted octanol–water partition coefficient (Wildman–Crippen LogP) is 5.12. The van der Waals surface area contributed by atoms with Gasteiger partial charge in [-0.15, -0.1) is 12.4 Å². The third kappa shape index (κ3) is 3.74. The fraction of sp³-hybridized carbons (Fsp3) is 0.240. The van der Waals surface area contributed by atoms with Crippen molar-refractivity contribution in [2.45, 2.75) is 33.4 Å². The van der Waals surface area contributed by atoms with Crippen LogP contribution < -0.4 is 10.5 Å². The largest absolute Gasteiger partial charge is 0.352 e. The highest BCUT2D eigenvalue weighted by molar-refractivity contribution is 5.93. The second kappa shape index (κ2) is 8.23. The minimum atomic E-state index is -0.236. The van der Waals surface area contributed by atoms with Gasteiger partial charge in [-0.05, 0) is 54.7 Å². The van der Waals surface area contributed by atoms with Crippen molar-refractivity contribution in [3.63, 3.8) is 0 Å². The van der Waals surface area contributed by atoms with Crippen LogP contribution in [-0.4, -0.2) is 16.1 Å². The first-order valence-corrected chi connectivity index (χ1v) is 10.3. The Labute approximate surface area is 186 Å². The van der Waals surface area contributed by atoms with Gasteiger partial charge < -0.3 is 14.5 Å². The van der Waals surface area contributed by atoms with Gasteiger partial charge in [-0.1, -0.05) is 36.4 Å². The van der Waals surface area contributed by atoms with Crippen molar-refractivity contribution in [3.8, 4) is 0 Å². The van der Waals surface area contributed by atoms with Crippen molar-refractivity contribution in [2.24, 2.45) is 0 Å². The van der Waals surface area contributed by atoms with Crippen LogP contribution in [0.25, 0.3) is 10.9 Å². The maximum atomic E-state index is 13.8. The Morgan fingerprint density at radius 3 is 2.58 bits per heavy atom. The third-order valence-corrected chi connectivity index (χ3v) is 6.29. The van der Waals surface area contributed by atoms with Crippen LogP contribution in [0.3, 0.4) is 0 Å². The minimum Gasteiger partial charge on any atom is -0.352 e. The summed E-state index contributed by atoms with van der Waals surface area (Å²) in [7, 11) is 0. The maximum Gasteiger partial charge on any atom is 0.250 e. The molecule has 2 aromatic heterocycles. The van der Waals surface area contributed by atoms with Gasteiger partial charge in [0.15, 0.2) is 0 Å². The SMILES string of the molecule is Cc1c(C)n(Cc2cccc(F)c2)c2c(N3CCc4ccccc4C3)[nH]c(=O)cc12.Cl. The summed E-state index contributed by atoms with van der Waals surface area (Å²) in [4.78, 5) is 17.9. The lowest BCUT2D eigenvalue weighted by atomic mass is 10.00. The quantitative estimate of drug-likeness (QED) is 0.483. The van der Waals surface area contributed by atoms with Gasteiger partial charge in [-0.3, -0.25) is 4.79 Å². The van der Waals surface area contributed by atoms with Crippen molar-refractivity contribution < 1.29 is 4.39 Å². The summed E-state index contributed by atoms with van der Waals surface area (Å²) >= 11 is 0. The van der Waals surface area contributed by atoms with E-state index in [0.29, 0.717) is 6.54 Å². The lowest BCUT2D eigenvalue weighted by molar-refractivity contribution is 0.623. The molecule has 3 heterocycles. The average molecular weight is 438 g/mol. The second-order valence-electron chi connectivity index (χ2n) is 8.11. The van der Waals surface area contributed by atoms with Crippen LogP contribution in [0.1, 0.15) is 27.9 Å². The van der Waals surface area contributed by atoms with E-state index in [4.69, 9.17) is 0 Å². The Morgan fingerprint density at radius 1 is 1.03 bits per heavy atom. The molecule has 4 aromatic rings. The summed E-state index contributed by atoms with van der Waals surface area (Å²) in [5.74, 6) is 0.610. The number of anilines is 1. The Bertz CT molecular complexity index is 1320. The monoisotopic (exact) mass is 437 g/mol. The van der Waals surface area contributed by atoms with E-state index < -0.39 is 0 Å². The van der Waals surface area contributed by atoms with Gasteiger partial charge in [-0.25, -0.2) is 4.39 Å². The summed E-state index contributed by atoms with van der Waals surface area (Å²) in [5.41, 5.74) is 6.65. The van der Waals surface area contributed by atoms with Gasteiger partial charge in [0.2, 0.25) is 5.56 Å². The Kier molecular flexibility index (Phi) is 5.63. The highest BCUT2D eigenvalue weighted by atomic mass is 35.5. The molecule has 0 saturated heterocycles.